The van der Waals surface area contributed by atoms with Crippen molar-refractivity contribution in [1.29, 1.82) is 0 Å². The van der Waals surface area contributed by atoms with Crippen molar-refractivity contribution in [2.75, 3.05) is 46.3 Å². The first-order valence-electron chi connectivity index (χ1n) is 9.56. The van der Waals surface area contributed by atoms with E-state index in [0.717, 1.165) is 51.3 Å². The fourth-order valence-corrected chi connectivity index (χ4v) is 3.89. The van der Waals surface area contributed by atoms with Crippen LogP contribution in [0.4, 0.5) is 4.39 Å². The summed E-state index contributed by atoms with van der Waals surface area (Å²) >= 11 is 0. The third-order valence-corrected chi connectivity index (χ3v) is 5.59. The van der Waals surface area contributed by atoms with Crippen molar-refractivity contribution < 1.29 is 9.18 Å². The summed E-state index contributed by atoms with van der Waals surface area (Å²) in [4.78, 5) is 19.7. The number of hydrogen-bond donors (Lipinski definition) is 0. The maximum absolute atomic E-state index is 13.0. The molecular formula is C20H30FN3O. The number of benzene rings is 1. The van der Waals surface area contributed by atoms with Crippen molar-refractivity contribution in [3.05, 3.63) is 35.6 Å². The van der Waals surface area contributed by atoms with E-state index in [1.54, 1.807) is 12.1 Å². The van der Waals surface area contributed by atoms with E-state index in [1.807, 2.05) is 0 Å². The van der Waals surface area contributed by atoms with Gasteiger partial charge in [0, 0.05) is 51.7 Å². The molecule has 2 fully saturated rings. The lowest BCUT2D eigenvalue weighted by Crippen LogP contribution is -2.52. The van der Waals surface area contributed by atoms with Crippen LogP contribution >= 0.6 is 0 Å². The molecule has 0 radical (unpaired) electrons. The number of aryl methyl sites for hydroxylation is 1. The number of rotatable bonds is 4. The zero-order valence-corrected chi connectivity index (χ0v) is 15.3. The third kappa shape index (κ3) is 5.25. The van der Waals surface area contributed by atoms with Gasteiger partial charge >= 0.3 is 0 Å². The van der Waals surface area contributed by atoms with Crippen LogP contribution in [-0.2, 0) is 11.2 Å². The molecule has 4 nitrogen and oxygen atoms in total. The summed E-state index contributed by atoms with van der Waals surface area (Å²) in [5.41, 5.74) is 1.03. The molecule has 1 aromatic carbocycles. The second-order valence-corrected chi connectivity index (χ2v) is 7.46. The van der Waals surface area contributed by atoms with Gasteiger partial charge in [0.15, 0.2) is 0 Å². The minimum Gasteiger partial charge on any atom is -0.341 e. The Bertz CT molecular complexity index is 555. The molecule has 2 aliphatic rings. The molecular weight excluding hydrogens is 317 g/mol. The highest BCUT2D eigenvalue weighted by atomic mass is 19.1. The summed E-state index contributed by atoms with van der Waals surface area (Å²) < 4.78 is 13.0. The first-order chi connectivity index (χ1) is 12.1. The number of likely N-dealkylation sites (N-methyl/N-ethyl adjacent to an activating group) is 1. The van der Waals surface area contributed by atoms with Gasteiger partial charge in [0.25, 0.3) is 0 Å². The second-order valence-electron chi connectivity index (χ2n) is 7.46. The first kappa shape index (κ1) is 18.3. The van der Waals surface area contributed by atoms with E-state index in [-0.39, 0.29) is 11.7 Å². The molecule has 0 bridgehead atoms. The molecule has 25 heavy (non-hydrogen) atoms. The fourth-order valence-electron chi connectivity index (χ4n) is 3.89. The number of halogens is 1. The van der Waals surface area contributed by atoms with Gasteiger partial charge in [0.05, 0.1) is 0 Å². The highest BCUT2D eigenvalue weighted by Gasteiger charge is 2.27. The molecule has 2 heterocycles. The first-order valence-corrected chi connectivity index (χ1v) is 9.56. The molecule has 0 saturated carbocycles. The lowest BCUT2D eigenvalue weighted by molar-refractivity contribution is -0.131. The molecule has 1 amide bonds. The lowest BCUT2D eigenvalue weighted by Gasteiger charge is -2.39. The molecule has 3 rings (SSSR count). The number of likely N-dealkylation sites (tertiary alicyclic amines) is 1. The van der Waals surface area contributed by atoms with Crippen LogP contribution in [0.2, 0.25) is 0 Å². The Morgan fingerprint density at radius 2 is 1.80 bits per heavy atom. The van der Waals surface area contributed by atoms with Gasteiger partial charge in [-0.05, 0) is 44.0 Å². The standard InChI is InChI=1S/C20H30FN3O/c1-22-12-14-23(15-13-22)19-4-2-3-11-24(16-19)20(25)10-7-17-5-8-18(21)9-6-17/h5-6,8-9,19H,2-4,7,10-16H2,1H3/t19-/m1/s1. The molecule has 0 aliphatic carbocycles. The number of hydrogen-bond acceptors (Lipinski definition) is 3. The van der Waals surface area contributed by atoms with Crippen molar-refractivity contribution >= 4 is 5.91 Å². The smallest absolute Gasteiger partial charge is 0.222 e. The number of amides is 1. The van der Waals surface area contributed by atoms with E-state index in [9.17, 15) is 9.18 Å². The predicted octanol–water partition coefficient (Wildman–Crippen LogP) is 2.39. The van der Waals surface area contributed by atoms with Gasteiger partial charge in [0.1, 0.15) is 5.82 Å². The fraction of sp³-hybridized carbons (Fsp3) is 0.650. The van der Waals surface area contributed by atoms with Crippen LogP contribution in [-0.4, -0.2) is 73.0 Å². The van der Waals surface area contributed by atoms with Crippen LogP contribution in [0.15, 0.2) is 24.3 Å². The van der Waals surface area contributed by atoms with Crippen LogP contribution in [0.1, 0.15) is 31.2 Å². The lowest BCUT2D eigenvalue weighted by atomic mass is 10.1. The number of piperazine rings is 1. The van der Waals surface area contributed by atoms with Gasteiger partial charge in [-0.3, -0.25) is 9.69 Å². The van der Waals surface area contributed by atoms with E-state index in [2.05, 4.69) is 21.7 Å². The number of nitrogens with zero attached hydrogens (tertiary/aromatic N) is 3. The van der Waals surface area contributed by atoms with Gasteiger partial charge in [-0.1, -0.05) is 18.6 Å². The molecule has 1 aromatic rings. The molecule has 2 aliphatic heterocycles. The minimum absolute atomic E-state index is 0.224. The Labute approximate surface area is 150 Å². The Morgan fingerprint density at radius 3 is 2.52 bits per heavy atom. The summed E-state index contributed by atoms with van der Waals surface area (Å²) in [6.45, 7) is 6.21. The van der Waals surface area contributed by atoms with E-state index < -0.39 is 0 Å². The Morgan fingerprint density at radius 1 is 1.08 bits per heavy atom. The average Bonchev–Trinajstić information content (AvgIpc) is 2.88. The van der Waals surface area contributed by atoms with Crippen LogP contribution in [0.5, 0.6) is 0 Å². The van der Waals surface area contributed by atoms with Crippen LogP contribution in [0, 0.1) is 5.82 Å². The van der Waals surface area contributed by atoms with E-state index in [1.165, 1.54) is 25.0 Å². The van der Waals surface area contributed by atoms with Crippen molar-refractivity contribution in [3.63, 3.8) is 0 Å². The highest BCUT2D eigenvalue weighted by molar-refractivity contribution is 5.76. The Kier molecular flexibility index (Phi) is 6.43. The third-order valence-electron chi connectivity index (χ3n) is 5.59. The van der Waals surface area contributed by atoms with Crippen LogP contribution < -0.4 is 0 Å². The largest absolute Gasteiger partial charge is 0.341 e. The second kappa shape index (κ2) is 8.77. The van der Waals surface area contributed by atoms with Crippen molar-refractivity contribution in [1.82, 2.24) is 14.7 Å². The van der Waals surface area contributed by atoms with Crippen LogP contribution in [0.3, 0.4) is 0 Å². The normalized spacial score (nSPS) is 23.4. The SMILES string of the molecule is CN1CCN([C@@H]2CCCCN(C(=O)CCc3ccc(F)cc3)C2)CC1. The quantitative estimate of drug-likeness (QED) is 0.837. The molecule has 2 saturated heterocycles. The monoisotopic (exact) mass is 347 g/mol. The van der Waals surface area contributed by atoms with Crippen molar-refractivity contribution in [3.8, 4) is 0 Å². The summed E-state index contributed by atoms with van der Waals surface area (Å²) in [5.74, 6) is 0.0166. The maximum atomic E-state index is 13.0. The number of carbonyl (C=O) groups excluding carboxylic acids is 1. The van der Waals surface area contributed by atoms with Crippen molar-refractivity contribution in [2.45, 2.75) is 38.1 Å². The minimum atomic E-state index is -0.224. The van der Waals surface area contributed by atoms with E-state index >= 15 is 0 Å². The molecule has 1 atom stereocenters. The topological polar surface area (TPSA) is 26.8 Å². The summed E-state index contributed by atoms with van der Waals surface area (Å²) in [7, 11) is 2.18. The van der Waals surface area contributed by atoms with E-state index in [4.69, 9.17) is 0 Å². The molecule has 0 aromatic heterocycles. The summed E-state index contributed by atoms with van der Waals surface area (Å²) in [6.07, 6.45) is 4.71. The Hall–Kier alpha value is -1.46. The van der Waals surface area contributed by atoms with Gasteiger partial charge in [-0.25, -0.2) is 4.39 Å². The molecule has 5 heteroatoms. The zero-order chi connectivity index (χ0) is 17.6. The molecule has 0 N–H and O–H groups in total. The van der Waals surface area contributed by atoms with Crippen LogP contribution in [0.25, 0.3) is 0 Å². The Balaban J connectivity index is 1.52. The molecule has 138 valence electrons. The number of carbonyl (C=O) groups is 1. The summed E-state index contributed by atoms with van der Waals surface area (Å²) in [6, 6.07) is 6.99. The van der Waals surface area contributed by atoms with Gasteiger partial charge in [-0.2, -0.15) is 0 Å². The van der Waals surface area contributed by atoms with Gasteiger partial charge in [-0.15, -0.1) is 0 Å². The predicted molar refractivity (Wildman–Crippen MR) is 98.0 cm³/mol. The van der Waals surface area contributed by atoms with Gasteiger partial charge < -0.3 is 9.80 Å². The zero-order valence-electron chi connectivity index (χ0n) is 15.3. The average molecular weight is 347 g/mol. The summed E-state index contributed by atoms with van der Waals surface area (Å²) in [5, 5.41) is 0. The maximum Gasteiger partial charge on any atom is 0.222 e. The molecule has 0 unspecified atom stereocenters. The van der Waals surface area contributed by atoms with Crippen molar-refractivity contribution in [2.24, 2.45) is 0 Å². The van der Waals surface area contributed by atoms with E-state index in [0.29, 0.717) is 18.9 Å². The van der Waals surface area contributed by atoms with Gasteiger partial charge in [0.2, 0.25) is 5.91 Å². The highest BCUT2D eigenvalue weighted by Crippen LogP contribution is 2.18. The molecule has 0 spiro atoms.